The number of fused-ring (bicyclic) bond motifs is 1. The number of carbonyl (C=O) groups excluding carboxylic acids is 4. The summed E-state index contributed by atoms with van der Waals surface area (Å²) < 4.78 is 26.5. The first-order valence-corrected chi connectivity index (χ1v) is 12.5. The summed E-state index contributed by atoms with van der Waals surface area (Å²) in [5.74, 6) is -3.39. The number of ether oxygens (including phenoxy) is 5. The number of carbonyl (C=O) groups is 4. The van der Waals surface area contributed by atoms with Crippen LogP contribution >= 0.6 is 0 Å². The lowest BCUT2D eigenvalue weighted by molar-refractivity contribution is -0.385. The summed E-state index contributed by atoms with van der Waals surface area (Å²) in [5, 5.41) is 33.3. The van der Waals surface area contributed by atoms with E-state index in [1.807, 2.05) is 0 Å². The lowest BCUT2D eigenvalue weighted by Gasteiger charge is -2.39. The zero-order valence-electron chi connectivity index (χ0n) is 23.1. The van der Waals surface area contributed by atoms with E-state index in [-0.39, 0.29) is 41.3 Å². The number of aldehydes is 1. The SMILES string of the molecule is COc1cc(COC(=O)N2CCC3OC(=O)[C@H](C)[C@@](C)(O)[C@@](C)(O)C(=O)OC/C(=C/C=O)C32)c([N+](=O)[O-])cc1OC. The minimum atomic E-state index is -2.54. The molecule has 15 heteroatoms. The summed E-state index contributed by atoms with van der Waals surface area (Å²) in [6.07, 6.45) is -0.526. The molecule has 2 saturated heterocycles. The molecule has 1 aromatic carbocycles. The van der Waals surface area contributed by atoms with Gasteiger partial charge in [0.25, 0.3) is 5.69 Å². The number of methoxy groups -OCH3 is 2. The molecule has 5 atom stereocenters. The van der Waals surface area contributed by atoms with Crippen molar-refractivity contribution in [3.05, 3.63) is 39.5 Å². The molecule has 41 heavy (non-hydrogen) atoms. The third kappa shape index (κ3) is 5.95. The van der Waals surface area contributed by atoms with Gasteiger partial charge in [-0.15, -0.1) is 0 Å². The highest BCUT2D eigenvalue weighted by atomic mass is 16.6. The minimum Gasteiger partial charge on any atom is -0.493 e. The Bertz CT molecular complexity index is 1260. The Morgan fingerprint density at radius 2 is 1.85 bits per heavy atom. The van der Waals surface area contributed by atoms with Gasteiger partial charge in [-0.25, -0.2) is 9.59 Å². The molecule has 224 valence electrons. The van der Waals surface area contributed by atoms with Crippen molar-refractivity contribution in [1.29, 1.82) is 0 Å². The maximum atomic E-state index is 13.3. The third-order valence-corrected chi connectivity index (χ3v) is 7.59. The second-order valence-corrected chi connectivity index (χ2v) is 9.95. The number of aliphatic hydroxyl groups is 2. The van der Waals surface area contributed by atoms with Gasteiger partial charge in [-0.1, -0.05) is 0 Å². The van der Waals surface area contributed by atoms with Crippen molar-refractivity contribution in [2.24, 2.45) is 5.92 Å². The number of benzene rings is 1. The molecule has 0 aromatic heterocycles. The van der Waals surface area contributed by atoms with Gasteiger partial charge in [0.1, 0.15) is 31.2 Å². The van der Waals surface area contributed by atoms with Crippen LogP contribution in [-0.4, -0.2) is 95.1 Å². The lowest BCUT2D eigenvalue weighted by Crippen LogP contribution is -2.61. The number of likely N-dealkylation sites (tertiary alicyclic amines) is 1. The summed E-state index contributed by atoms with van der Waals surface area (Å²) >= 11 is 0. The Labute approximate surface area is 234 Å². The van der Waals surface area contributed by atoms with E-state index in [0.29, 0.717) is 6.29 Å². The molecule has 1 amide bonds. The second-order valence-electron chi connectivity index (χ2n) is 9.95. The molecule has 0 aliphatic carbocycles. The second kappa shape index (κ2) is 12.1. The van der Waals surface area contributed by atoms with Crippen molar-refractivity contribution in [3.63, 3.8) is 0 Å². The summed E-state index contributed by atoms with van der Waals surface area (Å²) in [4.78, 5) is 62.6. The van der Waals surface area contributed by atoms with Gasteiger partial charge in [0, 0.05) is 13.0 Å². The molecule has 15 nitrogen and oxygen atoms in total. The van der Waals surface area contributed by atoms with Crippen molar-refractivity contribution in [2.45, 2.75) is 57.1 Å². The van der Waals surface area contributed by atoms with Gasteiger partial charge in [0.05, 0.1) is 42.7 Å². The van der Waals surface area contributed by atoms with Crippen LogP contribution in [0.2, 0.25) is 0 Å². The van der Waals surface area contributed by atoms with E-state index >= 15 is 0 Å². The molecule has 0 radical (unpaired) electrons. The minimum absolute atomic E-state index is 0.00138. The first-order chi connectivity index (χ1) is 19.2. The highest BCUT2D eigenvalue weighted by Crippen LogP contribution is 2.37. The Kier molecular flexibility index (Phi) is 9.23. The summed E-state index contributed by atoms with van der Waals surface area (Å²) in [7, 11) is 2.64. The van der Waals surface area contributed by atoms with Crippen LogP contribution in [0.5, 0.6) is 11.5 Å². The zero-order valence-corrected chi connectivity index (χ0v) is 23.1. The molecule has 0 spiro atoms. The summed E-state index contributed by atoms with van der Waals surface area (Å²) in [6.45, 7) is 2.16. The van der Waals surface area contributed by atoms with Crippen LogP contribution in [0, 0.1) is 16.0 Å². The Morgan fingerprint density at radius 1 is 1.22 bits per heavy atom. The van der Waals surface area contributed by atoms with Gasteiger partial charge in [-0.2, -0.15) is 0 Å². The fourth-order valence-corrected chi connectivity index (χ4v) is 4.67. The Balaban J connectivity index is 1.94. The number of hydrogen-bond donors (Lipinski definition) is 2. The van der Waals surface area contributed by atoms with Crippen LogP contribution in [0.3, 0.4) is 0 Å². The topological polar surface area (TPSA) is 201 Å². The lowest BCUT2D eigenvalue weighted by atomic mass is 9.76. The number of cyclic esters (lactones) is 1. The number of allylic oxidation sites excluding steroid dienone is 1. The molecule has 2 N–H and O–H groups in total. The molecule has 2 heterocycles. The molecule has 0 saturated carbocycles. The number of esters is 2. The highest BCUT2D eigenvalue weighted by molar-refractivity contribution is 5.84. The number of hydrogen-bond acceptors (Lipinski definition) is 13. The average Bonchev–Trinajstić information content (AvgIpc) is 3.34. The van der Waals surface area contributed by atoms with E-state index in [4.69, 9.17) is 23.7 Å². The molecule has 1 aromatic rings. The average molecular weight is 581 g/mol. The molecule has 2 aliphatic heterocycles. The molecular weight excluding hydrogens is 548 g/mol. The quantitative estimate of drug-likeness (QED) is 0.121. The first-order valence-electron chi connectivity index (χ1n) is 12.5. The Hall–Kier alpha value is -4.24. The standard InChI is InChI=1S/C26H32N2O13/c1-14-22(30)41-18-6-8-27(21(18)15(7-9-29)12-39-23(31)26(3,34)25(14,2)33)24(32)40-13-16-10-19(37-4)20(38-5)11-17(16)28(35)36/h7,9-11,14,18,21,33-34H,6,8,12-13H2,1-5H3/b15-7-/t14-,18?,21?,25+,26-/m0/s1. The first kappa shape index (κ1) is 31.3. The Morgan fingerprint density at radius 3 is 2.44 bits per heavy atom. The predicted octanol–water partition coefficient (Wildman–Crippen LogP) is 1.05. The number of amides is 1. The predicted molar refractivity (Wildman–Crippen MR) is 137 cm³/mol. The molecule has 0 bridgehead atoms. The molecule has 2 unspecified atom stereocenters. The maximum Gasteiger partial charge on any atom is 0.410 e. The van der Waals surface area contributed by atoms with Gasteiger partial charge in [0.15, 0.2) is 17.1 Å². The van der Waals surface area contributed by atoms with Crippen molar-refractivity contribution in [2.75, 3.05) is 27.4 Å². The fraction of sp³-hybridized carbons (Fsp3) is 0.538. The maximum absolute atomic E-state index is 13.3. The van der Waals surface area contributed by atoms with Crippen LogP contribution in [0.15, 0.2) is 23.8 Å². The number of nitro groups is 1. The van der Waals surface area contributed by atoms with Crippen molar-refractivity contribution < 1.29 is 58.0 Å². The zero-order chi connectivity index (χ0) is 30.7. The van der Waals surface area contributed by atoms with Crippen molar-refractivity contribution >= 4 is 30.0 Å². The molecular formula is C26H32N2O13. The molecule has 2 fully saturated rings. The van der Waals surface area contributed by atoms with E-state index < -0.39 is 65.4 Å². The summed E-state index contributed by atoms with van der Waals surface area (Å²) in [5.41, 5.74) is -5.19. The van der Waals surface area contributed by atoms with Crippen molar-refractivity contribution in [1.82, 2.24) is 4.90 Å². The normalized spacial score (nSPS) is 29.5. The van der Waals surface area contributed by atoms with Crippen LogP contribution in [0.1, 0.15) is 32.8 Å². The van der Waals surface area contributed by atoms with Crippen LogP contribution in [-0.2, 0) is 35.2 Å². The number of rotatable bonds is 6. The van der Waals surface area contributed by atoms with E-state index in [9.17, 15) is 39.5 Å². The number of nitro benzene ring substituents is 1. The van der Waals surface area contributed by atoms with Gasteiger partial charge in [-0.05, 0) is 38.5 Å². The third-order valence-electron chi connectivity index (χ3n) is 7.59. The van der Waals surface area contributed by atoms with E-state index in [0.717, 1.165) is 30.9 Å². The van der Waals surface area contributed by atoms with E-state index in [1.165, 1.54) is 27.2 Å². The van der Waals surface area contributed by atoms with Crippen LogP contribution in [0.4, 0.5) is 10.5 Å². The highest BCUT2D eigenvalue weighted by Gasteiger charge is 2.56. The van der Waals surface area contributed by atoms with Crippen LogP contribution < -0.4 is 9.47 Å². The molecule has 3 rings (SSSR count). The monoisotopic (exact) mass is 580 g/mol. The summed E-state index contributed by atoms with van der Waals surface area (Å²) in [6, 6.07) is 1.29. The fourth-order valence-electron chi connectivity index (χ4n) is 4.67. The van der Waals surface area contributed by atoms with Crippen LogP contribution in [0.25, 0.3) is 0 Å². The number of nitrogens with zero attached hydrogens (tertiary/aromatic N) is 2. The van der Waals surface area contributed by atoms with Gasteiger partial charge in [-0.3, -0.25) is 24.6 Å². The molecule has 2 aliphatic rings. The smallest absolute Gasteiger partial charge is 0.410 e. The van der Waals surface area contributed by atoms with E-state index in [2.05, 4.69) is 0 Å². The van der Waals surface area contributed by atoms with Gasteiger partial charge >= 0.3 is 18.0 Å². The van der Waals surface area contributed by atoms with Gasteiger partial charge in [0.2, 0.25) is 0 Å². The van der Waals surface area contributed by atoms with E-state index in [1.54, 1.807) is 0 Å². The largest absolute Gasteiger partial charge is 0.493 e. The van der Waals surface area contributed by atoms with Gasteiger partial charge < -0.3 is 33.9 Å². The van der Waals surface area contributed by atoms with Crippen molar-refractivity contribution in [3.8, 4) is 11.5 Å².